The zero-order valence-electron chi connectivity index (χ0n) is 15.6. The largest absolute Gasteiger partial charge is 0.392 e. The summed E-state index contributed by atoms with van der Waals surface area (Å²) in [5.74, 6) is 3.02. The Morgan fingerprint density at radius 2 is 1.83 bits per heavy atom. The summed E-state index contributed by atoms with van der Waals surface area (Å²) in [6.45, 7) is 11.7. The van der Waals surface area contributed by atoms with Crippen molar-refractivity contribution in [2.45, 2.75) is 66.4 Å². The second kappa shape index (κ2) is 7.53. The molecule has 0 aliphatic heterocycles. The third kappa shape index (κ3) is 3.74. The first kappa shape index (κ1) is 18.7. The van der Waals surface area contributed by atoms with Crippen LogP contribution < -0.4 is 0 Å². The lowest BCUT2D eigenvalue weighted by Gasteiger charge is -2.45. The number of rotatable bonds is 5. The van der Waals surface area contributed by atoms with Gasteiger partial charge in [-0.05, 0) is 66.3 Å². The van der Waals surface area contributed by atoms with Crippen LogP contribution in [0.15, 0.2) is 23.8 Å². The van der Waals surface area contributed by atoms with Crippen molar-refractivity contribution in [3.63, 3.8) is 0 Å². The zero-order chi connectivity index (χ0) is 17.2. The average molecular weight is 321 g/mol. The summed E-state index contributed by atoms with van der Waals surface area (Å²) in [5, 5.41) is 19.6. The molecule has 2 aliphatic rings. The minimum Gasteiger partial charge on any atom is -0.392 e. The molecule has 0 radical (unpaired) electrons. The van der Waals surface area contributed by atoms with Crippen molar-refractivity contribution >= 4 is 0 Å². The van der Waals surface area contributed by atoms with Gasteiger partial charge < -0.3 is 10.2 Å². The van der Waals surface area contributed by atoms with Crippen LogP contribution in [-0.4, -0.2) is 22.9 Å². The van der Waals surface area contributed by atoms with E-state index in [4.69, 9.17) is 0 Å². The average Bonchev–Trinajstić information content (AvgIpc) is 2.85. The molecule has 2 fully saturated rings. The lowest BCUT2D eigenvalue weighted by Crippen LogP contribution is -2.40. The van der Waals surface area contributed by atoms with Crippen LogP contribution >= 0.6 is 0 Å². The van der Waals surface area contributed by atoms with Crippen molar-refractivity contribution in [1.82, 2.24) is 0 Å². The Bertz CT molecular complexity index is 451. The first-order chi connectivity index (χ1) is 10.8. The van der Waals surface area contributed by atoms with E-state index in [9.17, 15) is 10.2 Å². The van der Waals surface area contributed by atoms with Crippen LogP contribution in [0, 0.1) is 35.0 Å². The van der Waals surface area contributed by atoms with E-state index in [2.05, 4.69) is 46.8 Å². The molecule has 0 saturated heterocycles. The fourth-order valence-electron chi connectivity index (χ4n) is 4.97. The van der Waals surface area contributed by atoms with Crippen molar-refractivity contribution < 1.29 is 10.2 Å². The van der Waals surface area contributed by atoms with Gasteiger partial charge in [-0.15, -0.1) is 0 Å². The quantitative estimate of drug-likeness (QED) is 0.728. The Hall–Kier alpha value is -0.600. The summed E-state index contributed by atoms with van der Waals surface area (Å²) in [6, 6.07) is 0. The third-order valence-electron chi connectivity index (χ3n) is 6.88. The molecule has 132 valence electrons. The van der Waals surface area contributed by atoms with Crippen molar-refractivity contribution in [3.05, 3.63) is 23.8 Å². The van der Waals surface area contributed by atoms with E-state index in [1.807, 2.05) is 6.08 Å². The van der Waals surface area contributed by atoms with E-state index < -0.39 is 0 Å². The molecular formula is C21H36O2. The second-order valence-corrected chi connectivity index (χ2v) is 8.53. The molecule has 2 rings (SSSR count). The van der Waals surface area contributed by atoms with Crippen LogP contribution in [0.5, 0.6) is 0 Å². The smallest absolute Gasteiger partial charge is 0.0754 e. The lowest BCUT2D eigenvalue weighted by atomic mass is 9.60. The number of aliphatic hydroxyl groups is 2. The van der Waals surface area contributed by atoms with E-state index in [1.165, 1.54) is 6.42 Å². The Morgan fingerprint density at radius 1 is 1.13 bits per heavy atom. The van der Waals surface area contributed by atoms with Crippen LogP contribution in [-0.2, 0) is 0 Å². The molecule has 0 unspecified atom stereocenters. The molecule has 2 saturated carbocycles. The molecule has 23 heavy (non-hydrogen) atoms. The van der Waals surface area contributed by atoms with Crippen LogP contribution in [0.4, 0.5) is 0 Å². The molecule has 0 amide bonds. The first-order valence-electron chi connectivity index (χ1n) is 9.48. The zero-order valence-corrected chi connectivity index (χ0v) is 15.6. The van der Waals surface area contributed by atoms with E-state index in [-0.39, 0.29) is 18.1 Å². The van der Waals surface area contributed by atoms with E-state index >= 15 is 0 Å². The van der Waals surface area contributed by atoms with E-state index in [1.54, 1.807) is 0 Å². The van der Waals surface area contributed by atoms with Crippen LogP contribution in [0.1, 0.15) is 60.3 Å². The number of allylic oxidation sites excluding steroid dienone is 2. The summed E-state index contributed by atoms with van der Waals surface area (Å²) in [6.07, 6.45) is 10.7. The number of aliphatic hydroxyl groups excluding tert-OH is 2. The molecule has 0 aromatic rings. The molecule has 6 atom stereocenters. The molecule has 2 heteroatoms. The Balaban J connectivity index is 2.15. The minimum atomic E-state index is -0.342. The molecule has 2 N–H and O–H groups in total. The summed E-state index contributed by atoms with van der Waals surface area (Å²) in [4.78, 5) is 0. The maximum atomic E-state index is 10.3. The number of hydrogen-bond donors (Lipinski definition) is 2. The van der Waals surface area contributed by atoms with Gasteiger partial charge in [0.15, 0.2) is 0 Å². The van der Waals surface area contributed by atoms with Gasteiger partial charge in [-0.1, -0.05) is 52.8 Å². The predicted octanol–water partition coefficient (Wildman–Crippen LogP) is 4.58. The second-order valence-electron chi connectivity index (χ2n) is 8.53. The highest BCUT2D eigenvalue weighted by atomic mass is 16.3. The standard InChI is InChI=1S/C21H36O2/c1-14(2)15(3)6-7-16(4)18-8-9-19-17(11-13-22)20(23)10-12-21(18,19)5/h6-7,11,14-16,18-20,22-23H,8-10,12-13H2,1-5H3/b7-6+,17-11-/t15-,16+,18+,19-,20+,21+/m0/s1. The summed E-state index contributed by atoms with van der Waals surface area (Å²) in [7, 11) is 0. The lowest BCUT2D eigenvalue weighted by molar-refractivity contribution is 0.0527. The van der Waals surface area contributed by atoms with Crippen LogP contribution in [0.2, 0.25) is 0 Å². The highest BCUT2D eigenvalue weighted by Crippen LogP contribution is 2.59. The van der Waals surface area contributed by atoms with E-state index in [0.717, 1.165) is 24.8 Å². The van der Waals surface area contributed by atoms with Gasteiger partial charge in [0.05, 0.1) is 12.7 Å². The van der Waals surface area contributed by atoms with Gasteiger partial charge in [0.2, 0.25) is 0 Å². The van der Waals surface area contributed by atoms with Crippen molar-refractivity contribution in [2.24, 2.45) is 35.0 Å². The minimum absolute atomic E-state index is 0.0466. The first-order valence-corrected chi connectivity index (χ1v) is 9.48. The van der Waals surface area contributed by atoms with Gasteiger partial charge in [-0.25, -0.2) is 0 Å². The molecule has 2 nitrogen and oxygen atoms in total. The fourth-order valence-corrected chi connectivity index (χ4v) is 4.97. The van der Waals surface area contributed by atoms with Crippen LogP contribution in [0.25, 0.3) is 0 Å². The van der Waals surface area contributed by atoms with Gasteiger partial charge in [-0.3, -0.25) is 0 Å². The van der Waals surface area contributed by atoms with Crippen molar-refractivity contribution in [3.8, 4) is 0 Å². The molecular weight excluding hydrogens is 284 g/mol. The Kier molecular flexibility index (Phi) is 6.13. The maximum absolute atomic E-state index is 10.3. The van der Waals surface area contributed by atoms with Gasteiger partial charge in [-0.2, -0.15) is 0 Å². The monoisotopic (exact) mass is 320 g/mol. The number of fused-ring (bicyclic) bond motifs is 1. The number of hydrogen-bond acceptors (Lipinski definition) is 2. The SMILES string of the molecule is CC(C)[C@@H](C)/C=C/[C@@H](C)[C@H]1CC[C@H]2/C(=C/CO)[C@H](O)CC[C@]12C. The third-order valence-corrected chi connectivity index (χ3v) is 6.88. The fraction of sp³-hybridized carbons (Fsp3) is 0.810. The Labute approximate surface area is 142 Å². The molecule has 2 aliphatic carbocycles. The summed E-state index contributed by atoms with van der Waals surface area (Å²) >= 11 is 0. The molecule has 0 spiro atoms. The predicted molar refractivity (Wildman–Crippen MR) is 97.0 cm³/mol. The normalized spacial score (nSPS) is 39.1. The van der Waals surface area contributed by atoms with Crippen LogP contribution in [0.3, 0.4) is 0 Å². The van der Waals surface area contributed by atoms with Gasteiger partial charge in [0.25, 0.3) is 0 Å². The highest BCUT2D eigenvalue weighted by Gasteiger charge is 2.52. The van der Waals surface area contributed by atoms with Crippen molar-refractivity contribution in [1.29, 1.82) is 0 Å². The maximum Gasteiger partial charge on any atom is 0.0754 e. The molecule has 0 heterocycles. The Morgan fingerprint density at radius 3 is 2.43 bits per heavy atom. The van der Waals surface area contributed by atoms with Gasteiger partial charge in [0.1, 0.15) is 0 Å². The molecule has 0 aromatic carbocycles. The molecule has 0 aromatic heterocycles. The van der Waals surface area contributed by atoms with Gasteiger partial charge in [0, 0.05) is 0 Å². The molecule has 0 bridgehead atoms. The summed E-state index contributed by atoms with van der Waals surface area (Å²) in [5.41, 5.74) is 1.38. The summed E-state index contributed by atoms with van der Waals surface area (Å²) < 4.78 is 0. The topological polar surface area (TPSA) is 40.5 Å². The highest BCUT2D eigenvalue weighted by molar-refractivity contribution is 5.23. The van der Waals surface area contributed by atoms with Crippen molar-refractivity contribution in [2.75, 3.05) is 6.61 Å². The van der Waals surface area contributed by atoms with E-state index in [0.29, 0.717) is 29.6 Å². The van der Waals surface area contributed by atoms with Gasteiger partial charge >= 0.3 is 0 Å².